The van der Waals surface area contributed by atoms with Gasteiger partial charge in [0.25, 0.3) is 5.56 Å². The molecule has 5 rings (SSSR count). The van der Waals surface area contributed by atoms with Crippen molar-refractivity contribution in [2.45, 2.75) is 31.3 Å². The van der Waals surface area contributed by atoms with Gasteiger partial charge >= 0.3 is 0 Å². The lowest BCUT2D eigenvalue weighted by atomic mass is 9.87. The van der Waals surface area contributed by atoms with Gasteiger partial charge in [0, 0.05) is 18.2 Å². The summed E-state index contributed by atoms with van der Waals surface area (Å²) in [6.07, 6.45) is 2.65. The first kappa shape index (κ1) is 17.6. The Morgan fingerprint density at radius 2 is 2.11 bits per heavy atom. The maximum Gasteiger partial charge on any atom is 0.260 e. The van der Waals surface area contributed by atoms with E-state index in [1.807, 2.05) is 18.0 Å². The number of nitrogens with zero attached hydrogens (tertiary/aromatic N) is 2. The van der Waals surface area contributed by atoms with E-state index in [1.165, 1.54) is 0 Å². The second kappa shape index (κ2) is 6.25. The number of likely N-dealkylation sites (N-methyl/N-ethyl adjacent to an activating group) is 1. The fourth-order valence-electron chi connectivity index (χ4n) is 4.27. The van der Waals surface area contributed by atoms with Gasteiger partial charge in [-0.25, -0.2) is 0 Å². The monoisotopic (exact) mass is 403 g/mol. The average molecular weight is 403 g/mol. The van der Waals surface area contributed by atoms with Gasteiger partial charge in [-0.2, -0.15) is 0 Å². The van der Waals surface area contributed by atoms with Gasteiger partial charge in [0.15, 0.2) is 16.3 Å². The quantitative estimate of drug-likeness (QED) is 0.760. The van der Waals surface area contributed by atoms with Crippen molar-refractivity contribution >= 4 is 12.2 Å². The van der Waals surface area contributed by atoms with Crippen LogP contribution in [0.5, 0.6) is 23.1 Å². The van der Waals surface area contributed by atoms with Gasteiger partial charge in [0.05, 0.1) is 18.7 Å². The third-order valence-electron chi connectivity index (χ3n) is 5.73. The second-order valence-electron chi connectivity index (χ2n) is 7.45. The van der Waals surface area contributed by atoms with E-state index in [-0.39, 0.29) is 34.6 Å². The molecule has 2 aromatic rings. The molecule has 0 spiro atoms. The van der Waals surface area contributed by atoms with E-state index in [1.54, 1.807) is 11.7 Å². The molecule has 148 valence electrons. The number of benzene rings is 1. The molecule has 1 unspecified atom stereocenters. The van der Waals surface area contributed by atoms with E-state index in [9.17, 15) is 9.90 Å². The topological polar surface area (TPSA) is 89.0 Å². The second-order valence-corrected chi connectivity index (χ2v) is 7.83. The van der Waals surface area contributed by atoms with Crippen LogP contribution in [0.1, 0.15) is 41.6 Å². The Morgan fingerprint density at radius 1 is 1.32 bits per heavy atom. The normalized spacial score (nSPS) is 20.9. The van der Waals surface area contributed by atoms with Crippen LogP contribution in [0.3, 0.4) is 0 Å². The number of aromatic hydroxyl groups is 1. The number of nitrogens with one attached hydrogen (secondary N) is 1. The molecule has 1 fully saturated rings. The zero-order chi connectivity index (χ0) is 19.6. The number of hydrogen-bond acceptors (Lipinski definition) is 7. The van der Waals surface area contributed by atoms with Crippen LogP contribution in [0.2, 0.25) is 0 Å². The van der Waals surface area contributed by atoms with Gasteiger partial charge in [0.1, 0.15) is 0 Å². The summed E-state index contributed by atoms with van der Waals surface area (Å²) in [6, 6.07) is 1.59. The molecular weight excluding hydrogens is 382 g/mol. The Bertz CT molecular complexity index is 1090. The molecule has 1 aliphatic carbocycles. The summed E-state index contributed by atoms with van der Waals surface area (Å²) in [5, 5.41) is 11.1. The van der Waals surface area contributed by atoms with Crippen molar-refractivity contribution in [3.05, 3.63) is 37.9 Å². The Morgan fingerprint density at radius 3 is 2.82 bits per heavy atom. The number of hydrogen-bond donors (Lipinski definition) is 2. The highest BCUT2D eigenvalue weighted by atomic mass is 32.1. The number of ether oxygens (including phenoxy) is 3. The maximum atomic E-state index is 12.9. The summed E-state index contributed by atoms with van der Waals surface area (Å²) in [6.45, 7) is 0.853. The molecule has 28 heavy (non-hydrogen) atoms. The zero-order valence-electron chi connectivity index (χ0n) is 15.7. The van der Waals surface area contributed by atoms with Crippen LogP contribution < -0.4 is 19.8 Å². The molecule has 0 amide bonds. The first-order valence-corrected chi connectivity index (χ1v) is 9.69. The Balaban J connectivity index is 1.79. The molecule has 0 radical (unpaired) electrons. The number of rotatable bonds is 3. The van der Waals surface area contributed by atoms with Gasteiger partial charge in [-0.1, -0.05) is 0 Å². The van der Waals surface area contributed by atoms with Gasteiger partial charge in [0.2, 0.25) is 18.4 Å². The van der Waals surface area contributed by atoms with Crippen LogP contribution >= 0.6 is 12.2 Å². The Hall–Kier alpha value is -2.52. The molecule has 2 N–H and O–H groups in total. The lowest BCUT2D eigenvalue weighted by Gasteiger charge is -2.36. The highest BCUT2D eigenvalue weighted by Crippen LogP contribution is 2.51. The smallest absolute Gasteiger partial charge is 0.260 e. The number of aromatic nitrogens is 2. The molecular formula is C19H21N3O5S. The van der Waals surface area contributed by atoms with E-state index in [4.69, 9.17) is 26.4 Å². The minimum Gasteiger partial charge on any atom is -0.494 e. The molecule has 8 nitrogen and oxygen atoms in total. The number of aromatic amines is 1. The molecule has 1 aromatic heterocycles. The van der Waals surface area contributed by atoms with Crippen LogP contribution in [-0.2, 0) is 6.42 Å². The predicted octanol–water partition coefficient (Wildman–Crippen LogP) is 2.26. The van der Waals surface area contributed by atoms with Crippen molar-refractivity contribution < 1.29 is 19.3 Å². The summed E-state index contributed by atoms with van der Waals surface area (Å²) in [5.41, 5.74) is 1.73. The van der Waals surface area contributed by atoms with Crippen LogP contribution in [0.4, 0.5) is 0 Å². The molecule has 3 heterocycles. The minimum absolute atomic E-state index is 0.0688. The Labute approximate surface area is 166 Å². The van der Waals surface area contributed by atoms with Crippen LogP contribution in [0, 0.1) is 4.77 Å². The SMILES string of the molecule is COc1c2c(cc3c1C(c1c(O)n(C4CC4)c(=S)[nH]c1=O)N(C)CC3)OCO2. The number of methoxy groups -OCH3 is 1. The van der Waals surface area contributed by atoms with Crippen molar-refractivity contribution in [3.63, 3.8) is 0 Å². The summed E-state index contributed by atoms with van der Waals surface area (Å²) in [5.74, 6) is 1.65. The fourth-order valence-corrected chi connectivity index (χ4v) is 4.60. The van der Waals surface area contributed by atoms with Crippen LogP contribution in [-0.4, -0.2) is 47.1 Å². The first-order chi connectivity index (χ1) is 13.5. The van der Waals surface area contributed by atoms with Crippen LogP contribution in [0.25, 0.3) is 0 Å². The van der Waals surface area contributed by atoms with Gasteiger partial charge in [-0.3, -0.25) is 19.2 Å². The van der Waals surface area contributed by atoms with E-state index in [0.29, 0.717) is 17.2 Å². The third kappa shape index (κ3) is 2.46. The van der Waals surface area contributed by atoms with Gasteiger partial charge in [-0.05, 0) is 50.2 Å². The van der Waals surface area contributed by atoms with Crippen molar-refractivity contribution in [3.8, 4) is 23.1 Å². The lowest BCUT2D eigenvalue weighted by molar-refractivity contribution is 0.170. The number of H-pyrrole nitrogens is 1. The van der Waals surface area contributed by atoms with Crippen LogP contribution in [0.15, 0.2) is 10.9 Å². The summed E-state index contributed by atoms with van der Waals surface area (Å²) in [7, 11) is 3.50. The highest BCUT2D eigenvalue weighted by Gasteiger charge is 2.39. The molecule has 1 aromatic carbocycles. The number of fused-ring (bicyclic) bond motifs is 2. The maximum absolute atomic E-state index is 12.9. The minimum atomic E-state index is -0.488. The van der Waals surface area contributed by atoms with Crippen molar-refractivity contribution in [1.29, 1.82) is 0 Å². The Kier molecular flexibility index (Phi) is 3.92. The highest BCUT2D eigenvalue weighted by molar-refractivity contribution is 7.71. The molecule has 0 saturated heterocycles. The molecule has 2 aliphatic heterocycles. The largest absolute Gasteiger partial charge is 0.494 e. The van der Waals surface area contributed by atoms with E-state index < -0.39 is 6.04 Å². The summed E-state index contributed by atoms with van der Waals surface area (Å²) < 4.78 is 18.8. The van der Waals surface area contributed by atoms with E-state index in [0.717, 1.165) is 36.9 Å². The van der Waals surface area contributed by atoms with Gasteiger partial charge < -0.3 is 19.3 Å². The lowest BCUT2D eigenvalue weighted by Crippen LogP contribution is -2.37. The average Bonchev–Trinajstić information content (AvgIpc) is 3.37. The molecule has 9 heteroatoms. The molecule has 1 saturated carbocycles. The molecule has 3 aliphatic rings. The van der Waals surface area contributed by atoms with E-state index >= 15 is 0 Å². The third-order valence-corrected chi connectivity index (χ3v) is 6.03. The summed E-state index contributed by atoms with van der Waals surface area (Å²) >= 11 is 5.30. The van der Waals surface area contributed by atoms with Gasteiger partial charge in [-0.15, -0.1) is 0 Å². The fraction of sp³-hybridized carbons (Fsp3) is 0.474. The van der Waals surface area contributed by atoms with Crippen molar-refractivity contribution in [2.75, 3.05) is 27.5 Å². The predicted molar refractivity (Wildman–Crippen MR) is 103 cm³/mol. The van der Waals surface area contributed by atoms with Crippen molar-refractivity contribution in [2.24, 2.45) is 0 Å². The zero-order valence-corrected chi connectivity index (χ0v) is 16.5. The van der Waals surface area contributed by atoms with Crippen molar-refractivity contribution in [1.82, 2.24) is 14.5 Å². The standard InChI is InChI=1S/C19H21N3O5S/c1-21-6-5-9-7-11-15(27-8-26-11)16(25-2)12(9)14(21)13-17(23)20-19(28)22(18(13)24)10-3-4-10/h7,10,14,24H,3-6,8H2,1-2H3,(H,20,23,28). The summed E-state index contributed by atoms with van der Waals surface area (Å²) in [4.78, 5) is 17.7. The first-order valence-electron chi connectivity index (χ1n) is 9.28. The molecule has 0 bridgehead atoms. The van der Waals surface area contributed by atoms with E-state index in [2.05, 4.69) is 4.98 Å². The molecule has 1 atom stereocenters.